The minimum atomic E-state index is -5.36. The molecule has 1 saturated carbocycles. The van der Waals surface area contributed by atoms with E-state index in [0.717, 1.165) is 49.7 Å². The molecule has 14 heteroatoms. The van der Waals surface area contributed by atoms with Gasteiger partial charge in [0.25, 0.3) is 9.84 Å². The SMILES string of the molecule is O=C(N1CC2(CC(c3ccc(C(F)(F)F)nc3)C2)C1)N1CC2(CN(Cc3ccc(S(=O)(=O)C(F)(F)F)cc3)C2)C1. The molecule has 216 valence electrons. The van der Waals surface area contributed by atoms with E-state index >= 15 is 0 Å². The van der Waals surface area contributed by atoms with Crippen molar-refractivity contribution in [2.75, 3.05) is 39.3 Å². The summed E-state index contributed by atoms with van der Waals surface area (Å²) < 4.78 is 99.3. The summed E-state index contributed by atoms with van der Waals surface area (Å²) in [5.74, 6) is 0.158. The third kappa shape index (κ3) is 4.62. The van der Waals surface area contributed by atoms with Crippen LogP contribution in [0.1, 0.15) is 35.6 Å². The lowest BCUT2D eigenvalue weighted by Crippen LogP contribution is -2.75. The van der Waals surface area contributed by atoms with E-state index in [4.69, 9.17) is 0 Å². The van der Waals surface area contributed by atoms with Crippen molar-refractivity contribution < 1.29 is 39.6 Å². The third-order valence-electron chi connectivity index (χ3n) is 8.62. The summed E-state index contributed by atoms with van der Waals surface area (Å²) >= 11 is 0. The zero-order valence-corrected chi connectivity index (χ0v) is 22.0. The molecule has 3 aliphatic heterocycles. The standard InChI is InChI=1S/C26H26F6N4O3S/c27-25(28,29)21-6-3-18(9-33-21)19-7-23(8-19)13-35(14-23)22(37)36-15-24(16-36)11-34(12-24)10-17-1-4-20(5-2-17)40(38,39)26(30,31)32/h1-6,9,19H,7-8,10-16H2. The van der Waals surface area contributed by atoms with Crippen LogP contribution in [0.4, 0.5) is 31.1 Å². The monoisotopic (exact) mass is 588 g/mol. The van der Waals surface area contributed by atoms with Gasteiger partial charge in [-0.2, -0.15) is 26.3 Å². The molecule has 2 amide bonds. The number of hydrogen-bond acceptors (Lipinski definition) is 5. The van der Waals surface area contributed by atoms with Gasteiger partial charge in [0.15, 0.2) is 0 Å². The molecular weight excluding hydrogens is 562 g/mol. The number of hydrogen-bond donors (Lipinski definition) is 0. The average molecular weight is 589 g/mol. The van der Waals surface area contributed by atoms with Gasteiger partial charge in [-0.25, -0.2) is 13.2 Å². The van der Waals surface area contributed by atoms with Crippen molar-refractivity contribution in [3.8, 4) is 0 Å². The molecule has 40 heavy (non-hydrogen) atoms. The predicted octanol–water partition coefficient (Wildman–Crippen LogP) is 4.51. The van der Waals surface area contributed by atoms with Crippen molar-refractivity contribution in [3.05, 3.63) is 59.4 Å². The van der Waals surface area contributed by atoms with Crippen LogP contribution in [0.3, 0.4) is 0 Å². The first kappa shape index (κ1) is 27.3. The van der Waals surface area contributed by atoms with E-state index in [1.54, 1.807) is 0 Å². The van der Waals surface area contributed by atoms with Crippen molar-refractivity contribution in [2.24, 2.45) is 10.8 Å². The van der Waals surface area contributed by atoms with Crippen LogP contribution in [0, 0.1) is 10.8 Å². The summed E-state index contributed by atoms with van der Waals surface area (Å²) in [7, 11) is -5.36. The average Bonchev–Trinajstić information content (AvgIpc) is 2.77. The summed E-state index contributed by atoms with van der Waals surface area (Å²) in [4.78, 5) is 21.4. The number of alkyl halides is 6. The molecule has 0 bridgehead atoms. The van der Waals surface area contributed by atoms with Crippen LogP contribution in [0.25, 0.3) is 0 Å². The molecule has 2 aromatic rings. The lowest BCUT2D eigenvalue weighted by Gasteiger charge is -2.64. The molecule has 1 aromatic carbocycles. The molecule has 4 aliphatic rings. The van der Waals surface area contributed by atoms with Crippen LogP contribution in [-0.2, 0) is 22.6 Å². The lowest BCUT2D eigenvalue weighted by atomic mass is 9.56. The van der Waals surface area contributed by atoms with Gasteiger partial charge < -0.3 is 9.80 Å². The Bertz CT molecular complexity index is 1400. The van der Waals surface area contributed by atoms with Gasteiger partial charge in [-0.15, -0.1) is 0 Å². The Morgan fingerprint density at radius 2 is 1.43 bits per heavy atom. The smallest absolute Gasteiger partial charge is 0.323 e. The largest absolute Gasteiger partial charge is 0.501 e. The van der Waals surface area contributed by atoms with Crippen LogP contribution in [0.15, 0.2) is 47.5 Å². The molecule has 1 aliphatic carbocycles. The zero-order chi connectivity index (χ0) is 28.7. The van der Waals surface area contributed by atoms with Crippen molar-refractivity contribution in [3.63, 3.8) is 0 Å². The number of rotatable bonds is 4. The maximum atomic E-state index is 12.9. The number of urea groups is 1. The molecule has 2 spiro atoms. The Hall–Kier alpha value is -2.87. The molecule has 0 atom stereocenters. The van der Waals surface area contributed by atoms with Crippen LogP contribution >= 0.6 is 0 Å². The molecule has 6 rings (SSSR count). The number of halogens is 6. The van der Waals surface area contributed by atoms with E-state index in [-0.39, 0.29) is 22.8 Å². The number of amides is 2. The Labute approximate surface area is 226 Å². The van der Waals surface area contributed by atoms with E-state index in [2.05, 4.69) is 9.88 Å². The molecule has 0 unspecified atom stereocenters. The minimum Gasteiger partial charge on any atom is -0.323 e. The summed E-state index contributed by atoms with van der Waals surface area (Å²) in [6, 6.07) is 7.22. The van der Waals surface area contributed by atoms with E-state index in [1.165, 1.54) is 24.4 Å². The molecule has 4 fully saturated rings. The van der Waals surface area contributed by atoms with Crippen LogP contribution in [-0.4, -0.2) is 78.9 Å². The van der Waals surface area contributed by atoms with E-state index < -0.39 is 32.1 Å². The summed E-state index contributed by atoms with van der Waals surface area (Å²) in [6.07, 6.45) is -1.50. The maximum Gasteiger partial charge on any atom is 0.501 e. The first-order valence-corrected chi connectivity index (χ1v) is 14.3. The number of carbonyl (C=O) groups is 1. The number of sulfone groups is 1. The quantitative estimate of drug-likeness (QED) is 0.492. The van der Waals surface area contributed by atoms with Crippen LogP contribution in [0.5, 0.6) is 0 Å². The first-order valence-electron chi connectivity index (χ1n) is 12.8. The van der Waals surface area contributed by atoms with Gasteiger partial charge in [0, 0.05) is 62.8 Å². The third-order valence-corrected chi connectivity index (χ3v) is 10.1. The van der Waals surface area contributed by atoms with Crippen molar-refractivity contribution in [2.45, 2.75) is 41.9 Å². The molecule has 4 heterocycles. The van der Waals surface area contributed by atoms with Gasteiger partial charge in [-0.1, -0.05) is 18.2 Å². The van der Waals surface area contributed by atoms with Crippen LogP contribution in [0.2, 0.25) is 0 Å². The van der Waals surface area contributed by atoms with E-state index in [9.17, 15) is 39.6 Å². The second-order valence-corrected chi connectivity index (χ2v) is 13.8. The fraction of sp³-hybridized carbons (Fsp3) is 0.538. The van der Waals surface area contributed by atoms with E-state index in [0.29, 0.717) is 38.3 Å². The number of benzene rings is 1. The fourth-order valence-corrected chi connectivity index (χ4v) is 7.43. The van der Waals surface area contributed by atoms with Gasteiger partial charge in [0.05, 0.1) is 4.90 Å². The number of pyridine rings is 1. The van der Waals surface area contributed by atoms with Crippen molar-refractivity contribution in [1.29, 1.82) is 0 Å². The Morgan fingerprint density at radius 3 is 1.93 bits per heavy atom. The molecule has 1 aromatic heterocycles. The Kier molecular flexibility index (Phi) is 6.02. The summed E-state index contributed by atoms with van der Waals surface area (Å²) in [6.45, 7) is 4.52. The summed E-state index contributed by atoms with van der Waals surface area (Å²) in [5.41, 5.74) is -4.69. The van der Waals surface area contributed by atoms with Crippen molar-refractivity contribution >= 4 is 15.9 Å². The highest BCUT2D eigenvalue weighted by molar-refractivity contribution is 7.92. The highest BCUT2D eigenvalue weighted by atomic mass is 32.2. The molecular formula is C26H26F6N4O3S. The molecule has 3 saturated heterocycles. The van der Waals surface area contributed by atoms with Crippen LogP contribution < -0.4 is 0 Å². The predicted molar refractivity (Wildman–Crippen MR) is 130 cm³/mol. The van der Waals surface area contributed by atoms with E-state index in [1.807, 2.05) is 9.80 Å². The number of nitrogens with zero attached hydrogens (tertiary/aromatic N) is 4. The molecule has 0 radical (unpaired) electrons. The Balaban J connectivity index is 0.922. The molecule has 0 N–H and O–H groups in total. The first-order chi connectivity index (χ1) is 18.6. The number of likely N-dealkylation sites (tertiary alicyclic amines) is 3. The summed E-state index contributed by atoms with van der Waals surface area (Å²) in [5, 5.41) is 0. The van der Waals surface area contributed by atoms with Gasteiger partial charge >= 0.3 is 17.7 Å². The normalized spacial score (nSPS) is 22.4. The maximum absolute atomic E-state index is 12.9. The highest BCUT2D eigenvalue weighted by Crippen LogP contribution is 2.56. The second-order valence-electron chi connectivity index (χ2n) is 11.8. The lowest BCUT2D eigenvalue weighted by molar-refractivity contribution is -0.141. The topological polar surface area (TPSA) is 73.8 Å². The van der Waals surface area contributed by atoms with Crippen molar-refractivity contribution in [1.82, 2.24) is 19.7 Å². The minimum absolute atomic E-state index is 0.00388. The fourth-order valence-electron chi connectivity index (χ4n) is 6.67. The van der Waals surface area contributed by atoms with Gasteiger partial charge in [-0.05, 0) is 48.1 Å². The van der Waals surface area contributed by atoms with Gasteiger partial charge in [-0.3, -0.25) is 9.88 Å². The number of aromatic nitrogens is 1. The number of carbonyl (C=O) groups excluding carboxylic acids is 1. The zero-order valence-electron chi connectivity index (χ0n) is 21.2. The molecule has 7 nitrogen and oxygen atoms in total. The second kappa shape index (κ2) is 8.81. The Morgan fingerprint density at radius 1 is 0.850 bits per heavy atom. The highest BCUT2D eigenvalue weighted by Gasteiger charge is 2.58. The van der Waals surface area contributed by atoms with Gasteiger partial charge in [0.1, 0.15) is 5.69 Å². The van der Waals surface area contributed by atoms with Gasteiger partial charge in [0.2, 0.25) is 0 Å².